The quantitative estimate of drug-likeness (QED) is 0.550. The highest BCUT2D eigenvalue weighted by molar-refractivity contribution is 6.01. The number of nitrogens with one attached hydrogen (secondary N) is 1. The molecule has 0 saturated carbocycles. The normalized spacial score (nSPS) is 14.7. The third-order valence-electron chi connectivity index (χ3n) is 4.72. The van der Waals surface area contributed by atoms with Crippen molar-refractivity contribution in [2.24, 2.45) is 0 Å². The monoisotopic (exact) mass is 472 g/mol. The van der Waals surface area contributed by atoms with Gasteiger partial charge in [0.15, 0.2) is 0 Å². The van der Waals surface area contributed by atoms with Gasteiger partial charge in [-0.3, -0.25) is 9.59 Å². The Morgan fingerprint density at radius 3 is 2.44 bits per heavy atom. The number of rotatable bonds is 9. The minimum absolute atomic E-state index is 0.0387. The summed E-state index contributed by atoms with van der Waals surface area (Å²) in [4.78, 5) is 58.0. The molecule has 1 aliphatic rings. The minimum atomic E-state index is -1.25. The van der Waals surface area contributed by atoms with E-state index in [1.54, 1.807) is 25.3 Å². The summed E-state index contributed by atoms with van der Waals surface area (Å²) in [6, 6.07) is 8.36. The number of ether oxygens (including phenoxy) is 2. The van der Waals surface area contributed by atoms with Gasteiger partial charge in [-0.05, 0) is 26.3 Å². The molecule has 1 fully saturated rings. The molecule has 0 radical (unpaired) electrons. The summed E-state index contributed by atoms with van der Waals surface area (Å²) in [6.45, 7) is 5.57. The second-order valence-electron chi connectivity index (χ2n) is 8.71. The Labute approximate surface area is 196 Å². The van der Waals surface area contributed by atoms with E-state index in [1.165, 1.54) is 12.5 Å². The van der Waals surface area contributed by atoms with Crippen LogP contribution in [0.5, 0.6) is 0 Å². The van der Waals surface area contributed by atoms with Crippen LogP contribution in [0.15, 0.2) is 42.9 Å². The van der Waals surface area contributed by atoms with E-state index in [0.717, 1.165) is 5.56 Å². The number of nitrogens with zero attached hydrogens (tertiary/aromatic N) is 3. The fraction of sp³-hybridized carbons (Fsp3) is 0.435. The average molecular weight is 472 g/mol. The van der Waals surface area contributed by atoms with Gasteiger partial charge in [-0.2, -0.15) is 0 Å². The molecule has 1 N–H and O–H groups in total. The van der Waals surface area contributed by atoms with Crippen molar-refractivity contribution in [2.45, 2.75) is 65.0 Å². The van der Waals surface area contributed by atoms with Crippen LogP contribution in [-0.2, 0) is 48.5 Å². The summed E-state index contributed by atoms with van der Waals surface area (Å²) in [5, 5.41) is 2.89. The Hall–Kier alpha value is -3.73. The number of hydroxylamine groups is 2. The first-order valence-electron chi connectivity index (χ1n) is 10.8. The van der Waals surface area contributed by atoms with Crippen LogP contribution in [0.1, 0.15) is 44.9 Å². The second-order valence-corrected chi connectivity index (χ2v) is 8.71. The van der Waals surface area contributed by atoms with E-state index >= 15 is 0 Å². The van der Waals surface area contributed by atoms with Crippen molar-refractivity contribution < 1.29 is 33.5 Å². The van der Waals surface area contributed by atoms with Crippen molar-refractivity contribution in [3.8, 4) is 0 Å². The number of benzene rings is 1. The van der Waals surface area contributed by atoms with E-state index in [1.807, 2.05) is 30.3 Å². The van der Waals surface area contributed by atoms with E-state index in [2.05, 4.69) is 10.3 Å². The fourth-order valence-corrected chi connectivity index (χ4v) is 3.13. The molecule has 0 bridgehead atoms. The number of imide groups is 1. The van der Waals surface area contributed by atoms with Crippen molar-refractivity contribution in [1.82, 2.24) is 19.9 Å². The van der Waals surface area contributed by atoms with Gasteiger partial charge in [0.05, 0.1) is 12.9 Å². The molecular formula is C23H28N4O7. The van der Waals surface area contributed by atoms with Crippen LogP contribution >= 0.6 is 0 Å². The first-order valence-corrected chi connectivity index (χ1v) is 10.8. The summed E-state index contributed by atoms with van der Waals surface area (Å²) < 4.78 is 12.6. The molecule has 1 atom stereocenters. The fourth-order valence-electron chi connectivity index (χ4n) is 3.13. The largest absolute Gasteiger partial charge is 0.444 e. The lowest BCUT2D eigenvalue weighted by Crippen LogP contribution is -2.48. The summed E-state index contributed by atoms with van der Waals surface area (Å²) in [5.41, 5.74) is 0.759. The minimum Gasteiger partial charge on any atom is -0.444 e. The zero-order valence-electron chi connectivity index (χ0n) is 19.4. The van der Waals surface area contributed by atoms with Crippen LogP contribution in [0, 0.1) is 0 Å². The van der Waals surface area contributed by atoms with Crippen LogP contribution < -0.4 is 5.32 Å². The van der Waals surface area contributed by atoms with E-state index in [-0.39, 0.29) is 26.0 Å². The van der Waals surface area contributed by atoms with Gasteiger partial charge in [-0.1, -0.05) is 30.3 Å². The van der Waals surface area contributed by atoms with Gasteiger partial charge in [0.1, 0.15) is 18.4 Å². The molecule has 11 nitrogen and oxygen atoms in total. The van der Waals surface area contributed by atoms with Crippen molar-refractivity contribution in [3.63, 3.8) is 0 Å². The molecule has 1 aromatic carbocycles. The summed E-state index contributed by atoms with van der Waals surface area (Å²) >= 11 is 0. The standard InChI is InChI=1S/C23H28N4O7/c1-23(2,3)33-22(31)25-18(21(30)34-27-19(28)9-10-20(27)29)11-17-12-24-14-26(17)15-32-13-16-7-5-4-6-8-16/h4-8,12,14,18H,9-11,13,15H2,1-3H3,(H,25,31)/t18-/m0/s1. The zero-order chi connectivity index (χ0) is 24.7. The Morgan fingerprint density at radius 2 is 1.79 bits per heavy atom. The molecule has 34 heavy (non-hydrogen) atoms. The van der Waals surface area contributed by atoms with Crippen LogP contribution in [0.25, 0.3) is 0 Å². The highest BCUT2D eigenvalue weighted by atomic mass is 16.7. The predicted octanol–water partition coefficient (Wildman–Crippen LogP) is 2.10. The molecule has 0 spiro atoms. The Bertz CT molecular complexity index is 1010. The molecule has 182 valence electrons. The molecule has 2 heterocycles. The highest BCUT2D eigenvalue weighted by Gasteiger charge is 2.36. The highest BCUT2D eigenvalue weighted by Crippen LogP contribution is 2.15. The predicted molar refractivity (Wildman–Crippen MR) is 117 cm³/mol. The molecule has 1 saturated heterocycles. The van der Waals surface area contributed by atoms with Crippen molar-refractivity contribution >= 4 is 23.9 Å². The van der Waals surface area contributed by atoms with Gasteiger partial charge < -0.3 is 24.2 Å². The molecule has 3 rings (SSSR count). The van der Waals surface area contributed by atoms with Gasteiger partial charge in [0.2, 0.25) is 0 Å². The zero-order valence-corrected chi connectivity index (χ0v) is 19.4. The lowest BCUT2D eigenvalue weighted by atomic mass is 10.1. The van der Waals surface area contributed by atoms with E-state index in [9.17, 15) is 19.2 Å². The number of alkyl carbamates (subject to hydrolysis) is 1. The first kappa shape index (κ1) is 24.9. The summed E-state index contributed by atoms with van der Waals surface area (Å²) in [7, 11) is 0. The van der Waals surface area contributed by atoms with Crippen molar-refractivity contribution in [3.05, 3.63) is 54.1 Å². The molecule has 3 amide bonds. The first-order chi connectivity index (χ1) is 16.1. The van der Waals surface area contributed by atoms with Crippen LogP contribution in [0.2, 0.25) is 0 Å². The topological polar surface area (TPSA) is 129 Å². The lowest BCUT2D eigenvalue weighted by molar-refractivity contribution is -0.198. The molecule has 0 aliphatic carbocycles. The molecule has 11 heteroatoms. The van der Waals surface area contributed by atoms with Crippen LogP contribution in [0.4, 0.5) is 4.79 Å². The summed E-state index contributed by atoms with van der Waals surface area (Å²) in [6.07, 6.45) is 2.09. The number of hydrogen-bond acceptors (Lipinski definition) is 8. The average Bonchev–Trinajstić information content (AvgIpc) is 3.33. The number of hydrogen-bond donors (Lipinski definition) is 1. The second kappa shape index (κ2) is 10.9. The molecule has 1 aliphatic heterocycles. The number of imidazole rings is 1. The molecule has 2 aromatic rings. The van der Waals surface area contributed by atoms with Crippen molar-refractivity contribution in [1.29, 1.82) is 0 Å². The SMILES string of the molecule is CC(C)(C)OC(=O)N[C@@H](Cc1cncn1COCc1ccccc1)C(=O)ON1C(=O)CCC1=O. The molecule has 0 unspecified atom stereocenters. The maximum Gasteiger partial charge on any atom is 0.408 e. The number of carbonyl (C=O) groups excluding carboxylic acids is 4. The van der Waals surface area contributed by atoms with Gasteiger partial charge in [-0.25, -0.2) is 14.6 Å². The molecule has 1 aromatic heterocycles. The Kier molecular flexibility index (Phi) is 8.00. The van der Waals surface area contributed by atoms with Crippen LogP contribution in [-0.4, -0.2) is 50.1 Å². The Balaban J connectivity index is 1.68. The van der Waals surface area contributed by atoms with E-state index < -0.39 is 35.5 Å². The number of aromatic nitrogens is 2. The lowest BCUT2D eigenvalue weighted by Gasteiger charge is -2.24. The van der Waals surface area contributed by atoms with Gasteiger partial charge in [-0.15, -0.1) is 5.06 Å². The molecular weight excluding hydrogens is 444 g/mol. The van der Waals surface area contributed by atoms with Gasteiger partial charge in [0.25, 0.3) is 11.8 Å². The Morgan fingerprint density at radius 1 is 1.12 bits per heavy atom. The number of amides is 3. The van der Waals surface area contributed by atoms with Gasteiger partial charge in [0, 0.05) is 31.2 Å². The summed E-state index contributed by atoms with van der Waals surface area (Å²) in [5.74, 6) is -2.21. The van der Waals surface area contributed by atoms with Crippen LogP contribution in [0.3, 0.4) is 0 Å². The maximum atomic E-state index is 12.8. The van der Waals surface area contributed by atoms with E-state index in [0.29, 0.717) is 17.4 Å². The maximum absolute atomic E-state index is 12.8. The van der Waals surface area contributed by atoms with Gasteiger partial charge >= 0.3 is 12.1 Å². The third kappa shape index (κ3) is 7.14. The van der Waals surface area contributed by atoms with Crippen molar-refractivity contribution in [2.75, 3.05) is 0 Å². The smallest absolute Gasteiger partial charge is 0.408 e. The number of carbonyl (C=O) groups is 4. The third-order valence-corrected chi connectivity index (χ3v) is 4.72. The van der Waals surface area contributed by atoms with E-state index in [4.69, 9.17) is 14.3 Å².